The highest BCUT2D eigenvalue weighted by Crippen LogP contribution is 2.25. The van der Waals surface area contributed by atoms with Crippen LogP contribution in [0.5, 0.6) is 0 Å². The summed E-state index contributed by atoms with van der Waals surface area (Å²) in [6.45, 7) is 7.63. The van der Waals surface area contributed by atoms with Crippen molar-refractivity contribution in [2.75, 3.05) is 0 Å². The Morgan fingerprint density at radius 1 is 1.18 bits per heavy atom. The third-order valence-electron chi connectivity index (χ3n) is 3.19. The summed E-state index contributed by atoms with van der Waals surface area (Å²) < 4.78 is 27.0. The zero-order chi connectivity index (χ0) is 16.3. The largest absolute Gasteiger partial charge is 0.247 e. The minimum atomic E-state index is -3.50. The lowest BCUT2D eigenvalue weighted by Gasteiger charge is -2.11. The minimum absolute atomic E-state index is 0.293. The van der Waals surface area contributed by atoms with Crippen molar-refractivity contribution >= 4 is 27.4 Å². The number of rotatable bonds is 5. The summed E-state index contributed by atoms with van der Waals surface area (Å²) in [6.07, 6.45) is 1.60. The Hall–Kier alpha value is -1.50. The first-order valence-corrected chi connectivity index (χ1v) is 9.34. The molecule has 1 heterocycles. The van der Waals surface area contributed by atoms with Gasteiger partial charge in [-0.2, -0.15) is 0 Å². The van der Waals surface area contributed by atoms with Gasteiger partial charge in [0.05, 0.1) is 16.7 Å². The van der Waals surface area contributed by atoms with Crippen LogP contribution in [0.1, 0.15) is 39.7 Å². The van der Waals surface area contributed by atoms with Crippen molar-refractivity contribution in [3.05, 3.63) is 56.4 Å². The second-order valence-electron chi connectivity index (χ2n) is 5.28. The van der Waals surface area contributed by atoms with Crippen LogP contribution >= 0.6 is 11.3 Å². The van der Waals surface area contributed by atoms with Crippen LogP contribution in [-0.4, -0.2) is 13.4 Å². The average Bonchev–Trinajstić information content (AvgIpc) is 2.77. The molecule has 0 radical (unpaired) electrons. The first-order chi connectivity index (χ1) is 10.3. The van der Waals surface area contributed by atoms with Gasteiger partial charge in [0.25, 0.3) is 0 Å². The number of hydrogen-bond donors (Lipinski definition) is 1. The van der Waals surface area contributed by atoms with Gasteiger partial charge < -0.3 is 0 Å². The van der Waals surface area contributed by atoms with Gasteiger partial charge in [-0.15, -0.1) is 11.3 Å². The normalized spacial score (nSPS) is 13.6. The molecule has 0 saturated carbocycles. The predicted octanol–water partition coefficient (Wildman–Crippen LogP) is 3.72. The highest BCUT2D eigenvalue weighted by Gasteiger charge is 2.17. The first-order valence-electron chi connectivity index (χ1n) is 6.98. The molecule has 4 nitrogen and oxygen atoms in total. The van der Waals surface area contributed by atoms with Gasteiger partial charge in [0.2, 0.25) is 10.0 Å². The number of thiazole rings is 1. The van der Waals surface area contributed by atoms with Gasteiger partial charge in [-0.1, -0.05) is 29.8 Å². The summed E-state index contributed by atoms with van der Waals surface area (Å²) in [6, 6.07) is 7.39. The van der Waals surface area contributed by atoms with Crippen molar-refractivity contribution in [3.8, 4) is 0 Å². The Bertz CT molecular complexity index is 775. The fraction of sp³-hybridized carbons (Fsp3) is 0.312. The SMILES string of the molecule is Cc1ccc(C=CS(=O)(=O)NC(C)c2sc(C)nc2C)cc1. The Kier molecular flexibility index (Phi) is 5.16. The fourth-order valence-corrected chi connectivity index (χ4v) is 4.16. The maximum Gasteiger partial charge on any atom is 0.234 e. The van der Waals surface area contributed by atoms with E-state index in [0.29, 0.717) is 0 Å². The van der Waals surface area contributed by atoms with Gasteiger partial charge in [-0.3, -0.25) is 0 Å². The van der Waals surface area contributed by atoms with Crippen molar-refractivity contribution in [1.29, 1.82) is 0 Å². The van der Waals surface area contributed by atoms with Crippen molar-refractivity contribution in [1.82, 2.24) is 9.71 Å². The molecule has 2 rings (SSSR count). The number of nitrogens with zero attached hydrogens (tertiary/aromatic N) is 1. The number of benzene rings is 1. The van der Waals surface area contributed by atoms with E-state index in [2.05, 4.69) is 9.71 Å². The lowest BCUT2D eigenvalue weighted by molar-refractivity contribution is 0.577. The molecule has 1 atom stereocenters. The van der Waals surface area contributed by atoms with Crippen LogP contribution in [0.15, 0.2) is 29.7 Å². The number of aromatic nitrogens is 1. The number of aryl methyl sites for hydroxylation is 3. The van der Waals surface area contributed by atoms with E-state index >= 15 is 0 Å². The van der Waals surface area contributed by atoms with Gasteiger partial charge in [-0.05, 0) is 39.3 Å². The van der Waals surface area contributed by atoms with E-state index in [1.165, 1.54) is 16.7 Å². The molecule has 1 aromatic carbocycles. The van der Waals surface area contributed by atoms with E-state index in [1.54, 1.807) is 6.08 Å². The Morgan fingerprint density at radius 2 is 1.82 bits per heavy atom. The summed E-state index contributed by atoms with van der Waals surface area (Å²) in [5.74, 6) is 0. The first kappa shape index (κ1) is 16.9. The van der Waals surface area contributed by atoms with E-state index in [0.717, 1.165) is 26.7 Å². The van der Waals surface area contributed by atoms with E-state index in [-0.39, 0.29) is 6.04 Å². The van der Waals surface area contributed by atoms with Crippen LogP contribution in [-0.2, 0) is 10.0 Å². The molecular weight excluding hydrogens is 316 g/mol. The molecule has 118 valence electrons. The third-order valence-corrected chi connectivity index (χ3v) is 5.62. The minimum Gasteiger partial charge on any atom is -0.247 e. The molecule has 22 heavy (non-hydrogen) atoms. The topological polar surface area (TPSA) is 59.1 Å². The van der Waals surface area contributed by atoms with Crippen molar-refractivity contribution in [3.63, 3.8) is 0 Å². The molecule has 1 aromatic heterocycles. The van der Waals surface area contributed by atoms with Crippen LogP contribution < -0.4 is 4.72 Å². The van der Waals surface area contributed by atoms with Crippen molar-refractivity contribution in [2.24, 2.45) is 0 Å². The van der Waals surface area contributed by atoms with Gasteiger partial charge in [-0.25, -0.2) is 18.1 Å². The van der Waals surface area contributed by atoms with Crippen LogP contribution in [0, 0.1) is 20.8 Å². The van der Waals surface area contributed by atoms with E-state index in [4.69, 9.17) is 0 Å². The summed E-state index contributed by atoms with van der Waals surface area (Å²) in [7, 11) is -3.50. The predicted molar refractivity (Wildman–Crippen MR) is 92.3 cm³/mol. The molecule has 0 fully saturated rings. The molecule has 6 heteroatoms. The highest BCUT2D eigenvalue weighted by atomic mass is 32.2. The summed E-state index contributed by atoms with van der Waals surface area (Å²) >= 11 is 1.52. The van der Waals surface area contributed by atoms with Crippen LogP contribution in [0.3, 0.4) is 0 Å². The number of nitrogens with one attached hydrogen (secondary N) is 1. The van der Waals surface area contributed by atoms with Gasteiger partial charge >= 0.3 is 0 Å². The van der Waals surface area contributed by atoms with E-state index in [9.17, 15) is 8.42 Å². The number of sulfonamides is 1. The lowest BCUT2D eigenvalue weighted by atomic mass is 10.2. The molecule has 0 aliphatic rings. The molecule has 2 aromatic rings. The van der Waals surface area contributed by atoms with Gasteiger partial charge in [0, 0.05) is 10.3 Å². The molecule has 0 aliphatic carbocycles. The van der Waals surface area contributed by atoms with Gasteiger partial charge in [0.15, 0.2) is 0 Å². The molecule has 0 amide bonds. The van der Waals surface area contributed by atoms with E-state index in [1.807, 2.05) is 52.0 Å². The molecule has 0 spiro atoms. The smallest absolute Gasteiger partial charge is 0.234 e. The Morgan fingerprint density at radius 3 is 2.36 bits per heavy atom. The maximum absolute atomic E-state index is 12.2. The Balaban J connectivity index is 2.10. The summed E-state index contributed by atoms with van der Waals surface area (Å²) in [5, 5.41) is 2.14. The van der Waals surface area contributed by atoms with Crippen molar-refractivity contribution < 1.29 is 8.42 Å². The molecule has 0 aliphatic heterocycles. The van der Waals surface area contributed by atoms with Crippen LogP contribution in [0.25, 0.3) is 6.08 Å². The average molecular weight is 336 g/mol. The monoisotopic (exact) mass is 336 g/mol. The third kappa shape index (κ3) is 4.50. The number of hydrogen-bond acceptors (Lipinski definition) is 4. The summed E-state index contributed by atoms with van der Waals surface area (Å²) in [4.78, 5) is 5.28. The Labute approximate surface area is 136 Å². The molecule has 0 saturated heterocycles. The summed E-state index contributed by atoms with van der Waals surface area (Å²) in [5.41, 5.74) is 2.87. The highest BCUT2D eigenvalue weighted by molar-refractivity contribution is 7.92. The van der Waals surface area contributed by atoms with Crippen molar-refractivity contribution in [2.45, 2.75) is 33.7 Å². The van der Waals surface area contributed by atoms with E-state index < -0.39 is 10.0 Å². The van der Waals surface area contributed by atoms with Crippen LogP contribution in [0.4, 0.5) is 0 Å². The maximum atomic E-state index is 12.2. The lowest BCUT2D eigenvalue weighted by Crippen LogP contribution is -2.24. The second kappa shape index (κ2) is 6.73. The van der Waals surface area contributed by atoms with Gasteiger partial charge in [0.1, 0.15) is 0 Å². The zero-order valence-electron chi connectivity index (χ0n) is 13.1. The zero-order valence-corrected chi connectivity index (χ0v) is 14.8. The molecule has 1 N–H and O–H groups in total. The standard InChI is InChI=1S/C16H20N2O2S2/c1-11-5-7-15(8-6-11)9-10-22(19,20)18-13(3)16-12(2)17-14(4)21-16/h5-10,13,18H,1-4H3. The fourth-order valence-electron chi connectivity index (χ4n) is 2.13. The second-order valence-corrected chi connectivity index (χ2v) is 8.11. The molecule has 0 bridgehead atoms. The quantitative estimate of drug-likeness (QED) is 0.905. The molecule has 1 unspecified atom stereocenters. The van der Waals surface area contributed by atoms with Crippen LogP contribution in [0.2, 0.25) is 0 Å². The molecular formula is C16H20N2O2S2.